The van der Waals surface area contributed by atoms with Crippen molar-refractivity contribution >= 4 is 29.4 Å². The molecule has 2 atom stereocenters. The lowest BCUT2D eigenvalue weighted by molar-refractivity contribution is -0.152. The second-order valence-corrected chi connectivity index (χ2v) is 9.02. The van der Waals surface area contributed by atoms with E-state index < -0.39 is 16.9 Å². The summed E-state index contributed by atoms with van der Waals surface area (Å²) in [5.41, 5.74) is 2.73. The van der Waals surface area contributed by atoms with Crippen LogP contribution in [0.5, 0.6) is 0 Å². The zero-order valence-electron chi connectivity index (χ0n) is 17.0. The summed E-state index contributed by atoms with van der Waals surface area (Å²) < 4.78 is 5.36. The number of carbonyl (C=O) groups is 3. The quantitative estimate of drug-likeness (QED) is 0.498. The number of hydrogen-bond acceptors (Lipinski definition) is 5. The highest BCUT2D eigenvalue weighted by Crippen LogP contribution is 2.54. The van der Waals surface area contributed by atoms with Crippen LogP contribution in [0.15, 0.2) is 54.6 Å². The predicted octanol–water partition coefficient (Wildman–Crippen LogP) is 3.96. The lowest BCUT2D eigenvalue weighted by Gasteiger charge is -2.33. The molecule has 5 nitrogen and oxygen atoms in total. The van der Waals surface area contributed by atoms with Crippen molar-refractivity contribution in [3.8, 4) is 0 Å². The van der Waals surface area contributed by atoms with Crippen LogP contribution in [0.3, 0.4) is 0 Å². The van der Waals surface area contributed by atoms with E-state index in [-0.39, 0.29) is 18.3 Å². The van der Waals surface area contributed by atoms with Crippen molar-refractivity contribution in [3.05, 3.63) is 71.3 Å². The van der Waals surface area contributed by atoms with Crippen molar-refractivity contribution in [3.63, 3.8) is 0 Å². The number of aryl methyl sites for hydroxylation is 1. The summed E-state index contributed by atoms with van der Waals surface area (Å²) in [6.07, 6.45) is 3.10. The van der Waals surface area contributed by atoms with Gasteiger partial charge < -0.3 is 9.64 Å². The molecular formula is C24H25NO4S. The Kier molecular flexibility index (Phi) is 5.95. The van der Waals surface area contributed by atoms with E-state index in [0.29, 0.717) is 24.2 Å². The Hall–Kier alpha value is -2.60. The number of ether oxygens (including phenoxy) is 1. The molecule has 0 bridgehead atoms. The van der Waals surface area contributed by atoms with Crippen LogP contribution >= 0.6 is 11.8 Å². The molecule has 2 fully saturated rings. The van der Waals surface area contributed by atoms with Gasteiger partial charge in [0.15, 0.2) is 12.4 Å². The number of ketones is 1. The number of esters is 1. The molecule has 6 heteroatoms. The number of thioether (sulfide) groups is 1. The first-order valence-electron chi connectivity index (χ1n) is 10.4. The third kappa shape index (κ3) is 3.76. The van der Waals surface area contributed by atoms with E-state index in [4.69, 9.17) is 4.74 Å². The van der Waals surface area contributed by atoms with Gasteiger partial charge in [0.25, 0.3) is 0 Å². The van der Waals surface area contributed by atoms with Gasteiger partial charge in [-0.1, -0.05) is 67.9 Å². The molecule has 0 radical (unpaired) electrons. The average molecular weight is 424 g/mol. The highest BCUT2D eigenvalue weighted by Gasteiger charge is 2.57. The molecule has 1 amide bonds. The number of carbonyl (C=O) groups excluding carboxylic acids is 3. The Bertz CT molecular complexity index is 943. The molecule has 0 saturated carbocycles. The first kappa shape index (κ1) is 20.7. The lowest BCUT2D eigenvalue weighted by atomic mass is 10.0. The zero-order valence-corrected chi connectivity index (χ0v) is 17.8. The van der Waals surface area contributed by atoms with Gasteiger partial charge in [0.2, 0.25) is 5.91 Å². The van der Waals surface area contributed by atoms with Crippen LogP contribution in [0.1, 0.15) is 47.7 Å². The van der Waals surface area contributed by atoms with E-state index in [9.17, 15) is 14.4 Å². The minimum absolute atomic E-state index is 0.0383. The van der Waals surface area contributed by atoms with Gasteiger partial charge in [-0.15, -0.1) is 11.8 Å². The number of amides is 1. The zero-order chi connectivity index (χ0) is 21.1. The minimum atomic E-state index is -0.662. The molecule has 0 spiro atoms. The molecule has 0 aromatic heterocycles. The molecule has 2 aromatic rings. The van der Waals surface area contributed by atoms with Crippen molar-refractivity contribution in [2.75, 3.05) is 12.4 Å². The van der Waals surface area contributed by atoms with Crippen LogP contribution in [0, 0.1) is 0 Å². The smallest absolute Gasteiger partial charge is 0.330 e. The fourth-order valence-electron chi connectivity index (χ4n) is 4.28. The number of benzene rings is 2. The van der Waals surface area contributed by atoms with Crippen LogP contribution in [-0.4, -0.2) is 41.0 Å². The summed E-state index contributed by atoms with van der Waals surface area (Å²) >= 11 is 1.61. The Morgan fingerprint density at radius 3 is 2.57 bits per heavy atom. The van der Waals surface area contributed by atoms with E-state index in [1.807, 2.05) is 42.5 Å². The topological polar surface area (TPSA) is 63.7 Å². The molecule has 2 aromatic carbocycles. The second-order valence-electron chi connectivity index (χ2n) is 7.72. The fraction of sp³-hybridized carbons (Fsp3) is 0.375. The Morgan fingerprint density at radius 1 is 1.13 bits per heavy atom. The first-order valence-corrected chi connectivity index (χ1v) is 11.3. The third-order valence-corrected chi connectivity index (χ3v) is 7.38. The third-order valence-electron chi connectivity index (χ3n) is 5.78. The molecule has 0 N–H and O–H groups in total. The first-order chi connectivity index (χ1) is 14.5. The maximum Gasteiger partial charge on any atom is 0.330 e. The summed E-state index contributed by atoms with van der Waals surface area (Å²) in [6.45, 7) is 1.80. The average Bonchev–Trinajstić information content (AvgIpc) is 3.32. The Labute approximate surface area is 180 Å². The summed E-state index contributed by atoms with van der Waals surface area (Å²) in [4.78, 5) is 39.0. The van der Waals surface area contributed by atoms with E-state index in [0.717, 1.165) is 18.4 Å². The molecule has 2 heterocycles. The standard InChI is InChI=1S/C24H25NO4S/c1-2-6-17-9-11-18(12-10-17)21(26)15-29-23(28)20-16-30-24(14-13-22(27)25(20)24)19-7-4-3-5-8-19/h3-5,7-12,20H,2,6,13-16H2,1H3/t20-,24-/m1/s1. The number of hydrogen-bond donors (Lipinski definition) is 0. The van der Waals surface area contributed by atoms with Crippen molar-refractivity contribution in [1.82, 2.24) is 4.90 Å². The maximum atomic E-state index is 12.8. The lowest BCUT2D eigenvalue weighted by Crippen LogP contribution is -2.47. The molecular weight excluding hydrogens is 398 g/mol. The van der Waals surface area contributed by atoms with Crippen LogP contribution < -0.4 is 0 Å². The summed E-state index contributed by atoms with van der Waals surface area (Å²) in [6, 6.07) is 16.6. The van der Waals surface area contributed by atoms with Gasteiger partial charge in [-0.3, -0.25) is 9.59 Å². The van der Waals surface area contributed by atoms with Crippen LogP contribution in [0.4, 0.5) is 0 Å². The van der Waals surface area contributed by atoms with E-state index in [1.54, 1.807) is 28.8 Å². The number of rotatable bonds is 7. The SMILES string of the molecule is CCCc1ccc(C(=O)COC(=O)[C@H]2CS[C@@]3(c4ccccc4)CCC(=O)N23)cc1. The largest absolute Gasteiger partial charge is 0.456 e. The summed E-state index contributed by atoms with van der Waals surface area (Å²) in [5.74, 6) is -0.311. The van der Waals surface area contributed by atoms with Crippen molar-refractivity contribution < 1.29 is 19.1 Å². The van der Waals surface area contributed by atoms with Gasteiger partial charge in [-0.05, 0) is 24.0 Å². The fourth-order valence-corrected chi connectivity index (χ4v) is 5.91. The monoisotopic (exact) mass is 423 g/mol. The summed E-state index contributed by atoms with van der Waals surface area (Å²) in [5, 5.41) is 0. The molecule has 156 valence electrons. The van der Waals surface area contributed by atoms with Gasteiger partial charge in [0.05, 0.1) is 0 Å². The minimum Gasteiger partial charge on any atom is -0.456 e. The van der Waals surface area contributed by atoms with Crippen LogP contribution in [-0.2, 0) is 25.6 Å². The molecule has 0 aliphatic carbocycles. The van der Waals surface area contributed by atoms with Crippen molar-refractivity contribution in [1.29, 1.82) is 0 Å². The predicted molar refractivity (Wildman–Crippen MR) is 116 cm³/mol. The second kappa shape index (κ2) is 8.64. The Balaban J connectivity index is 1.42. The maximum absolute atomic E-state index is 12.8. The van der Waals surface area contributed by atoms with Gasteiger partial charge in [-0.2, -0.15) is 0 Å². The van der Waals surface area contributed by atoms with E-state index >= 15 is 0 Å². The van der Waals surface area contributed by atoms with Crippen molar-refractivity contribution in [2.24, 2.45) is 0 Å². The molecule has 30 heavy (non-hydrogen) atoms. The van der Waals surface area contributed by atoms with E-state index in [2.05, 4.69) is 6.92 Å². The molecule has 4 rings (SSSR count). The molecule has 2 aliphatic heterocycles. The highest BCUT2D eigenvalue weighted by atomic mass is 32.2. The van der Waals surface area contributed by atoms with Gasteiger partial charge >= 0.3 is 5.97 Å². The molecule has 0 unspecified atom stereocenters. The van der Waals surface area contributed by atoms with Crippen LogP contribution in [0.2, 0.25) is 0 Å². The molecule has 2 saturated heterocycles. The number of fused-ring (bicyclic) bond motifs is 1. The molecule has 2 aliphatic rings. The van der Waals surface area contributed by atoms with Gasteiger partial charge in [0, 0.05) is 17.7 Å². The van der Waals surface area contributed by atoms with Crippen LogP contribution in [0.25, 0.3) is 0 Å². The highest BCUT2D eigenvalue weighted by molar-refractivity contribution is 8.00. The normalized spacial score (nSPS) is 22.8. The number of Topliss-reactive ketones (excluding diaryl/α,β-unsaturated/α-hetero) is 1. The van der Waals surface area contributed by atoms with Gasteiger partial charge in [-0.25, -0.2) is 4.79 Å². The summed E-state index contributed by atoms with van der Waals surface area (Å²) in [7, 11) is 0. The van der Waals surface area contributed by atoms with Crippen molar-refractivity contribution in [2.45, 2.75) is 43.5 Å². The van der Waals surface area contributed by atoms with E-state index in [1.165, 1.54) is 5.56 Å². The van der Waals surface area contributed by atoms with Gasteiger partial charge in [0.1, 0.15) is 10.9 Å². The Morgan fingerprint density at radius 2 is 1.87 bits per heavy atom. The number of nitrogens with zero attached hydrogens (tertiary/aromatic N) is 1.